The maximum Gasteiger partial charge on any atom is 0.417 e. The van der Waals surface area contributed by atoms with Crippen molar-refractivity contribution in [2.45, 2.75) is 43.4 Å². The summed E-state index contributed by atoms with van der Waals surface area (Å²) in [6.45, 7) is -0.341. The molecule has 5 atom stereocenters. The SMILES string of the molecule is C#CCn1c(=O)n([C@@H]2O[C@H]([C@@H](O)C(F)(F)F)[C@H](F)[C@H]2O)c2nc(N)nc(Cl)c21. The van der Waals surface area contributed by atoms with E-state index in [2.05, 4.69) is 15.9 Å². The predicted octanol–water partition coefficient (Wildman–Crippen LogP) is -0.0186. The zero-order valence-corrected chi connectivity index (χ0v) is 14.4. The maximum absolute atomic E-state index is 14.3. The van der Waals surface area contributed by atoms with Crippen molar-refractivity contribution in [2.75, 3.05) is 5.73 Å². The number of nitrogens with two attached hydrogens (primary N) is 1. The topological polar surface area (TPSA) is 128 Å². The van der Waals surface area contributed by atoms with Crippen LogP contribution in [0.5, 0.6) is 0 Å². The Labute approximate surface area is 158 Å². The average molecular weight is 426 g/mol. The lowest BCUT2D eigenvalue weighted by Gasteiger charge is -2.22. The van der Waals surface area contributed by atoms with E-state index < -0.39 is 48.5 Å². The van der Waals surface area contributed by atoms with E-state index in [9.17, 15) is 32.6 Å². The minimum absolute atomic E-state index is 0.134. The van der Waals surface area contributed by atoms with Gasteiger partial charge in [0.2, 0.25) is 5.95 Å². The second-order valence-corrected chi connectivity index (χ2v) is 6.26. The normalized spacial score (nSPS) is 26.5. The van der Waals surface area contributed by atoms with E-state index in [4.69, 9.17) is 28.5 Å². The van der Waals surface area contributed by atoms with Crippen LogP contribution in [0.25, 0.3) is 11.2 Å². The van der Waals surface area contributed by atoms with Crippen molar-refractivity contribution < 1.29 is 32.5 Å². The number of aliphatic hydroxyl groups is 2. The molecule has 0 radical (unpaired) electrons. The minimum atomic E-state index is -5.22. The van der Waals surface area contributed by atoms with E-state index >= 15 is 0 Å². The summed E-state index contributed by atoms with van der Waals surface area (Å²) >= 11 is 5.96. The molecule has 0 amide bonds. The second kappa shape index (κ2) is 6.89. The molecule has 152 valence electrons. The van der Waals surface area contributed by atoms with Gasteiger partial charge in [-0.1, -0.05) is 17.5 Å². The maximum atomic E-state index is 14.3. The molecule has 0 aromatic carbocycles. The Balaban J connectivity index is 2.18. The fraction of sp³-hybridized carbons (Fsp3) is 0.500. The monoisotopic (exact) mass is 425 g/mol. The van der Waals surface area contributed by atoms with Gasteiger partial charge in [-0.25, -0.2) is 13.8 Å². The first-order chi connectivity index (χ1) is 13.0. The molecule has 1 aliphatic rings. The number of rotatable bonds is 3. The zero-order valence-electron chi connectivity index (χ0n) is 13.6. The number of hydrogen-bond acceptors (Lipinski definition) is 7. The van der Waals surface area contributed by atoms with Crippen LogP contribution in [0.1, 0.15) is 6.23 Å². The van der Waals surface area contributed by atoms with Gasteiger partial charge in [0, 0.05) is 0 Å². The molecular formula is C14H12ClF4N5O4. The van der Waals surface area contributed by atoms with Crippen LogP contribution >= 0.6 is 11.6 Å². The van der Waals surface area contributed by atoms with Gasteiger partial charge in [-0.15, -0.1) is 6.42 Å². The Morgan fingerprint density at radius 1 is 1.43 bits per heavy atom. The summed E-state index contributed by atoms with van der Waals surface area (Å²) in [6.07, 6.45) is -12.6. The number of halogens is 5. The van der Waals surface area contributed by atoms with Gasteiger partial charge in [-0.05, 0) is 0 Å². The Hall–Kier alpha value is -2.40. The number of imidazole rings is 1. The van der Waals surface area contributed by atoms with Crippen molar-refractivity contribution >= 4 is 28.7 Å². The number of terminal acetylenes is 1. The third-order valence-corrected chi connectivity index (χ3v) is 4.42. The van der Waals surface area contributed by atoms with Gasteiger partial charge >= 0.3 is 11.9 Å². The fourth-order valence-electron chi connectivity index (χ4n) is 2.93. The van der Waals surface area contributed by atoms with Crippen LogP contribution in [0.2, 0.25) is 5.15 Å². The highest BCUT2D eigenvalue weighted by Crippen LogP contribution is 2.38. The summed E-state index contributed by atoms with van der Waals surface area (Å²) in [5.74, 6) is 1.77. The van der Waals surface area contributed by atoms with Crippen molar-refractivity contribution in [2.24, 2.45) is 0 Å². The van der Waals surface area contributed by atoms with Crippen molar-refractivity contribution in [3.63, 3.8) is 0 Å². The van der Waals surface area contributed by atoms with Crippen molar-refractivity contribution in [1.82, 2.24) is 19.1 Å². The first-order valence-electron chi connectivity index (χ1n) is 7.58. The number of ether oxygens (including phenoxy) is 1. The molecule has 3 heterocycles. The Kier molecular flexibility index (Phi) is 5.00. The second-order valence-electron chi connectivity index (χ2n) is 5.90. The number of aromatic nitrogens is 4. The van der Waals surface area contributed by atoms with E-state index in [1.54, 1.807) is 0 Å². The van der Waals surface area contributed by atoms with Gasteiger partial charge in [0.25, 0.3) is 0 Å². The van der Waals surface area contributed by atoms with E-state index in [1.807, 2.05) is 0 Å². The van der Waals surface area contributed by atoms with Crippen LogP contribution in [0.3, 0.4) is 0 Å². The molecule has 1 saturated heterocycles. The van der Waals surface area contributed by atoms with Crippen LogP contribution in [0.4, 0.5) is 23.5 Å². The lowest BCUT2D eigenvalue weighted by molar-refractivity contribution is -0.241. The summed E-state index contributed by atoms with van der Waals surface area (Å²) in [7, 11) is 0. The van der Waals surface area contributed by atoms with Crippen LogP contribution in [-0.4, -0.2) is 60.0 Å². The molecule has 4 N–H and O–H groups in total. The van der Waals surface area contributed by atoms with Gasteiger partial charge in [0.15, 0.2) is 29.3 Å². The molecule has 14 heteroatoms. The summed E-state index contributed by atoms with van der Waals surface area (Å²) < 4.78 is 58.8. The quantitative estimate of drug-likeness (QED) is 0.358. The summed E-state index contributed by atoms with van der Waals surface area (Å²) in [5.41, 5.74) is 4.00. The molecule has 2 aromatic rings. The molecule has 0 bridgehead atoms. The Bertz CT molecular complexity index is 1020. The number of alkyl halides is 4. The molecule has 28 heavy (non-hydrogen) atoms. The standard InChI is InChI=1S/C14H12ClF4N5O4/c1-2-3-23-5-9(15)21-12(20)22-10(5)24(13(23)27)11-6(25)4(16)7(28-11)8(26)14(17,18)19/h1,4,6-8,11,25-26H,3H2,(H2,20,21,22)/t4-,6-,7+,8-,11-/m1/s1. The lowest BCUT2D eigenvalue weighted by atomic mass is 10.1. The molecule has 1 aliphatic heterocycles. The van der Waals surface area contributed by atoms with Crippen molar-refractivity contribution in [3.8, 4) is 12.3 Å². The highest BCUT2D eigenvalue weighted by molar-refractivity contribution is 6.33. The van der Waals surface area contributed by atoms with Crippen molar-refractivity contribution in [3.05, 3.63) is 15.6 Å². The third-order valence-electron chi connectivity index (χ3n) is 4.15. The summed E-state index contributed by atoms with van der Waals surface area (Å²) in [5, 5.41) is 19.1. The molecular weight excluding hydrogens is 414 g/mol. The van der Waals surface area contributed by atoms with Gasteiger partial charge in [-0.3, -0.25) is 4.57 Å². The Morgan fingerprint density at radius 2 is 2.07 bits per heavy atom. The third kappa shape index (κ3) is 3.08. The summed E-state index contributed by atoms with van der Waals surface area (Å²) in [4.78, 5) is 20.2. The fourth-order valence-corrected chi connectivity index (χ4v) is 3.21. The van der Waals surface area contributed by atoms with E-state index in [-0.39, 0.29) is 22.9 Å². The lowest BCUT2D eigenvalue weighted by Crippen LogP contribution is -2.44. The molecule has 2 aromatic heterocycles. The van der Waals surface area contributed by atoms with Crippen LogP contribution in [0, 0.1) is 12.3 Å². The average Bonchev–Trinajstić information content (AvgIpc) is 3.02. The van der Waals surface area contributed by atoms with Gasteiger partial charge < -0.3 is 20.7 Å². The van der Waals surface area contributed by atoms with E-state index in [0.29, 0.717) is 4.57 Å². The molecule has 3 rings (SSSR count). The van der Waals surface area contributed by atoms with Gasteiger partial charge in [-0.2, -0.15) is 23.1 Å². The van der Waals surface area contributed by atoms with E-state index in [0.717, 1.165) is 4.57 Å². The molecule has 0 saturated carbocycles. The molecule has 9 nitrogen and oxygen atoms in total. The Morgan fingerprint density at radius 3 is 2.64 bits per heavy atom. The van der Waals surface area contributed by atoms with Crippen LogP contribution in [-0.2, 0) is 11.3 Å². The first kappa shape index (κ1) is 20.3. The number of nitrogen functional groups attached to an aromatic ring is 1. The smallest absolute Gasteiger partial charge is 0.385 e. The number of nitrogens with zero attached hydrogens (tertiary/aromatic N) is 4. The summed E-state index contributed by atoms with van der Waals surface area (Å²) in [6, 6.07) is 0. The largest absolute Gasteiger partial charge is 0.417 e. The van der Waals surface area contributed by atoms with Gasteiger partial charge in [0.1, 0.15) is 17.7 Å². The number of anilines is 1. The van der Waals surface area contributed by atoms with Crippen molar-refractivity contribution in [1.29, 1.82) is 0 Å². The van der Waals surface area contributed by atoms with Crippen LogP contribution < -0.4 is 11.4 Å². The highest BCUT2D eigenvalue weighted by Gasteiger charge is 2.56. The van der Waals surface area contributed by atoms with Gasteiger partial charge in [0.05, 0.1) is 6.54 Å². The van der Waals surface area contributed by atoms with E-state index in [1.165, 1.54) is 0 Å². The number of aliphatic hydroxyl groups excluding tert-OH is 2. The molecule has 0 spiro atoms. The minimum Gasteiger partial charge on any atom is -0.385 e. The number of fused-ring (bicyclic) bond motifs is 1. The molecule has 1 fully saturated rings. The number of hydrogen-bond donors (Lipinski definition) is 3. The first-order valence-corrected chi connectivity index (χ1v) is 7.96. The van der Waals surface area contributed by atoms with Crippen LogP contribution in [0.15, 0.2) is 4.79 Å². The zero-order chi connectivity index (χ0) is 21.0. The molecule has 0 aliphatic carbocycles. The predicted molar refractivity (Wildman–Crippen MR) is 86.9 cm³/mol. The molecule has 0 unspecified atom stereocenters. The highest BCUT2D eigenvalue weighted by atomic mass is 35.5.